The van der Waals surface area contributed by atoms with Gasteiger partial charge in [0.2, 0.25) is 0 Å². The van der Waals surface area contributed by atoms with Crippen LogP contribution in [-0.4, -0.2) is 35.7 Å². The van der Waals surface area contributed by atoms with E-state index in [1.165, 1.54) is 32.4 Å². The zero-order chi connectivity index (χ0) is 9.76. The van der Waals surface area contributed by atoms with Gasteiger partial charge in [-0.15, -0.1) is 0 Å². The van der Waals surface area contributed by atoms with E-state index in [9.17, 15) is 5.11 Å². The quantitative estimate of drug-likeness (QED) is 0.636. The van der Waals surface area contributed by atoms with Crippen molar-refractivity contribution in [2.45, 2.75) is 32.2 Å². The van der Waals surface area contributed by atoms with Gasteiger partial charge < -0.3 is 5.11 Å². The van der Waals surface area contributed by atoms with E-state index in [2.05, 4.69) is 17.9 Å². The third-order valence-electron chi connectivity index (χ3n) is 4.42. The number of nitrogens with zero attached hydrogens (tertiary/aromatic N) is 1. The van der Waals surface area contributed by atoms with Gasteiger partial charge in [-0.05, 0) is 31.7 Å². The number of hydrogen-bond acceptors (Lipinski definition) is 2. The summed E-state index contributed by atoms with van der Waals surface area (Å²) in [6, 6.07) is 0.601. The fraction of sp³-hybridized carbons (Fsp3) is 0.833. The summed E-state index contributed by atoms with van der Waals surface area (Å²) in [5.74, 6) is 0.673. The molecule has 3 aliphatic rings. The molecule has 2 nitrogen and oxygen atoms in total. The molecular formula is C12H19NO. The second-order valence-corrected chi connectivity index (χ2v) is 5.38. The van der Waals surface area contributed by atoms with Crippen LogP contribution >= 0.6 is 0 Å². The van der Waals surface area contributed by atoms with Crippen LogP contribution in [0.15, 0.2) is 11.6 Å². The van der Waals surface area contributed by atoms with Crippen molar-refractivity contribution in [3.63, 3.8) is 0 Å². The molecule has 2 saturated heterocycles. The summed E-state index contributed by atoms with van der Waals surface area (Å²) in [5.41, 5.74) is 1.84. The van der Waals surface area contributed by atoms with E-state index in [0.29, 0.717) is 18.6 Å². The van der Waals surface area contributed by atoms with E-state index in [0.717, 1.165) is 0 Å². The molecule has 0 bridgehead atoms. The first-order valence-electron chi connectivity index (χ1n) is 5.81. The summed E-state index contributed by atoms with van der Waals surface area (Å²) < 4.78 is 0. The highest BCUT2D eigenvalue weighted by Crippen LogP contribution is 2.51. The van der Waals surface area contributed by atoms with Crippen LogP contribution in [0.3, 0.4) is 0 Å². The topological polar surface area (TPSA) is 23.5 Å². The molecule has 2 heterocycles. The zero-order valence-corrected chi connectivity index (χ0v) is 8.87. The summed E-state index contributed by atoms with van der Waals surface area (Å²) in [6.45, 7) is 5.11. The lowest BCUT2D eigenvalue weighted by molar-refractivity contribution is 0.0786. The molecule has 2 aliphatic heterocycles. The fourth-order valence-electron chi connectivity index (χ4n) is 3.98. The molecular weight excluding hydrogens is 174 g/mol. The van der Waals surface area contributed by atoms with Crippen LogP contribution in [0.25, 0.3) is 0 Å². The first-order valence-corrected chi connectivity index (χ1v) is 5.81. The van der Waals surface area contributed by atoms with Gasteiger partial charge in [-0.3, -0.25) is 4.90 Å². The Labute approximate surface area is 85.6 Å². The first kappa shape index (κ1) is 8.93. The molecule has 3 atom stereocenters. The van der Waals surface area contributed by atoms with Gasteiger partial charge in [0, 0.05) is 18.0 Å². The molecule has 3 rings (SSSR count). The Morgan fingerprint density at radius 2 is 2.43 bits per heavy atom. The van der Waals surface area contributed by atoms with Crippen molar-refractivity contribution < 1.29 is 5.11 Å². The second-order valence-electron chi connectivity index (χ2n) is 5.38. The van der Waals surface area contributed by atoms with Crippen LogP contribution in [0.1, 0.15) is 26.2 Å². The van der Waals surface area contributed by atoms with Crippen LogP contribution in [0.4, 0.5) is 0 Å². The highest BCUT2D eigenvalue weighted by Gasteiger charge is 2.52. The molecule has 2 heteroatoms. The molecule has 0 aromatic heterocycles. The molecule has 1 N–H and O–H groups in total. The number of aliphatic hydroxyl groups is 1. The van der Waals surface area contributed by atoms with E-state index >= 15 is 0 Å². The van der Waals surface area contributed by atoms with Gasteiger partial charge in [0.15, 0.2) is 0 Å². The van der Waals surface area contributed by atoms with E-state index in [1.54, 1.807) is 5.57 Å². The SMILES string of the molecule is CC1C=C2CCN3CCC(CO)(C1)C23. The summed E-state index contributed by atoms with van der Waals surface area (Å²) in [7, 11) is 0. The van der Waals surface area contributed by atoms with Crippen molar-refractivity contribution in [1.82, 2.24) is 4.90 Å². The van der Waals surface area contributed by atoms with Crippen LogP contribution in [0, 0.1) is 11.3 Å². The largest absolute Gasteiger partial charge is 0.396 e. The molecule has 2 fully saturated rings. The standard InChI is InChI=1S/C12H19NO/c1-9-6-10-2-4-13-5-3-12(7-9,8-14)11(10)13/h6,9,11,14H,2-5,7-8H2,1H3. The molecule has 14 heavy (non-hydrogen) atoms. The minimum Gasteiger partial charge on any atom is -0.396 e. The van der Waals surface area contributed by atoms with Crippen molar-refractivity contribution in [2.24, 2.45) is 11.3 Å². The average molecular weight is 193 g/mol. The second kappa shape index (κ2) is 2.83. The minimum atomic E-state index is 0.222. The molecule has 0 aromatic carbocycles. The third kappa shape index (κ3) is 0.986. The number of allylic oxidation sites excluding steroid dienone is 1. The molecule has 0 amide bonds. The molecule has 0 saturated carbocycles. The molecule has 3 unspecified atom stereocenters. The predicted molar refractivity (Wildman–Crippen MR) is 56.0 cm³/mol. The fourth-order valence-corrected chi connectivity index (χ4v) is 3.98. The van der Waals surface area contributed by atoms with Crippen molar-refractivity contribution in [2.75, 3.05) is 19.7 Å². The minimum absolute atomic E-state index is 0.222. The van der Waals surface area contributed by atoms with Crippen LogP contribution in [0.2, 0.25) is 0 Å². The Morgan fingerprint density at radius 3 is 3.21 bits per heavy atom. The Hall–Kier alpha value is -0.340. The van der Waals surface area contributed by atoms with E-state index in [-0.39, 0.29) is 5.41 Å². The van der Waals surface area contributed by atoms with Gasteiger partial charge >= 0.3 is 0 Å². The van der Waals surface area contributed by atoms with E-state index in [1.807, 2.05) is 0 Å². The summed E-state index contributed by atoms with van der Waals surface area (Å²) in [6.07, 6.45) is 6.10. The Bertz CT molecular complexity index is 286. The lowest BCUT2D eigenvalue weighted by atomic mass is 9.68. The summed E-state index contributed by atoms with van der Waals surface area (Å²) >= 11 is 0. The molecule has 78 valence electrons. The Morgan fingerprint density at radius 1 is 1.57 bits per heavy atom. The maximum Gasteiger partial charge on any atom is 0.0506 e. The van der Waals surface area contributed by atoms with Gasteiger partial charge in [-0.25, -0.2) is 0 Å². The highest BCUT2D eigenvalue weighted by atomic mass is 16.3. The van der Waals surface area contributed by atoms with Gasteiger partial charge in [-0.1, -0.05) is 18.6 Å². The number of rotatable bonds is 1. The monoisotopic (exact) mass is 193 g/mol. The lowest BCUT2D eigenvalue weighted by Crippen LogP contribution is -2.42. The van der Waals surface area contributed by atoms with Crippen LogP contribution in [0.5, 0.6) is 0 Å². The summed E-state index contributed by atoms with van der Waals surface area (Å²) in [5, 5.41) is 9.68. The smallest absolute Gasteiger partial charge is 0.0506 e. The van der Waals surface area contributed by atoms with Crippen molar-refractivity contribution in [3.05, 3.63) is 11.6 Å². The van der Waals surface area contributed by atoms with E-state index < -0.39 is 0 Å². The zero-order valence-electron chi connectivity index (χ0n) is 8.87. The normalized spacial score (nSPS) is 46.6. The van der Waals surface area contributed by atoms with Crippen molar-refractivity contribution in [3.8, 4) is 0 Å². The average Bonchev–Trinajstić information content (AvgIpc) is 2.72. The van der Waals surface area contributed by atoms with Gasteiger partial charge in [0.1, 0.15) is 0 Å². The molecule has 0 aromatic rings. The van der Waals surface area contributed by atoms with Gasteiger partial charge in [0.05, 0.1) is 6.61 Å². The maximum atomic E-state index is 9.68. The predicted octanol–water partition coefficient (Wildman–Crippen LogP) is 1.41. The Balaban J connectivity index is 2.03. The summed E-state index contributed by atoms with van der Waals surface area (Å²) in [4.78, 5) is 2.58. The van der Waals surface area contributed by atoms with E-state index in [4.69, 9.17) is 0 Å². The van der Waals surface area contributed by atoms with Gasteiger partial charge in [-0.2, -0.15) is 0 Å². The highest BCUT2D eigenvalue weighted by molar-refractivity contribution is 5.28. The molecule has 0 radical (unpaired) electrons. The van der Waals surface area contributed by atoms with Crippen molar-refractivity contribution in [1.29, 1.82) is 0 Å². The molecule has 1 aliphatic carbocycles. The van der Waals surface area contributed by atoms with Gasteiger partial charge in [0.25, 0.3) is 0 Å². The lowest BCUT2D eigenvalue weighted by Gasteiger charge is -2.39. The van der Waals surface area contributed by atoms with Crippen LogP contribution in [-0.2, 0) is 0 Å². The Kier molecular flexibility index (Phi) is 1.80. The third-order valence-corrected chi connectivity index (χ3v) is 4.42. The number of aliphatic hydroxyl groups excluding tert-OH is 1. The maximum absolute atomic E-state index is 9.68. The number of hydrogen-bond donors (Lipinski definition) is 1. The molecule has 0 spiro atoms. The van der Waals surface area contributed by atoms with Crippen LogP contribution < -0.4 is 0 Å². The first-order chi connectivity index (χ1) is 6.75. The van der Waals surface area contributed by atoms with Crippen molar-refractivity contribution >= 4 is 0 Å².